The zero-order valence-electron chi connectivity index (χ0n) is 11.7. The van der Waals surface area contributed by atoms with E-state index in [0.29, 0.717) is 12.1 Å². The molecule has 0 aliphatic rings. The summed E-state index contributed by atoms with van der Waals surface area (Å²) in [5, 5.41) is 0. The number of benzene rings is 1. The van der Waals surface area contributed by atoms with Crippen molar-refractivity contribution in [2.75, 3.05) is 0 Å². The molecule has 0 spiro atoms. The number of hydrogen-bond acceptors (Lipinski definition) is 3. The molecule has 12 heteroatoms. The molecule has 140 valence electrons. The quantitative estimate of drug-likeness (QED) is 0.418. The van der Waals surface area contributed by atoms with Crippen LogP contribution in [-0.4, -0.2) is 30.5 Å². The molecule has 0 N–H and O–H groups in total. The monoisotopic (exact) mass is 382 g/mol. The highest BCUT2D eigenvalue weighted by Gasteiger charge is 2.40. The van der Waals surface area contributed by atoms with E-state index in [9.17, 15) is 49.1 Å². The minimum atomic E-state index is -5.36. The zero-order chi connectivity index (χ0) is 19.6. The van der Waals surface area contributed by atoms with Gasteiger partial charge in [-0.25, -0.2) is 8.78 Å². The van der Waals surface area contributed by atoms with Gasteiger partial charge in [0.05, 0.1) is 12.0 Å². The van der Waals surface area contributed by atoms with Crippen molar-refractivity contribution in [3.63, 3.8) is 0 Å². The Balaban J connectivity index is 3.17. The van der Waals surface area contributed by atoms with Gasteiger partial charge in [0.25, 0.3) is 6.36 Å². The Labute approximate surface area is 133 Å². The van der Waals surface area contributed by atoms with Crippen LogP contribution in [0.25, 0.3) is 0 Å². The van der Waals surface area contributed by atoms with E-state index in [-0.39, 0.29) is 6.07 Å². The Morgan fingerprint density at radius 1 is 1.00 bits per heavy atom. The fourth-order valence-corrected chi connectivity index (χ4v) is 1.55. The van der Waals surface area contributed by atoms with Gasteiger partial charge in [-0.15, -0.1) is 0 Å². The third-order valence-electron chi connectivity index (χ3n) is 2.68. The predicted octanol–water partition coefficient (Wildman–Crippen LogP) is 4.35. The number of hydrogen-bond donors (Lipinski definition) is 0. The molecule has 0 radical (unpaired) electrons. The molecule has 25 heavy (non-hydrogen) atoms. The average molecular weight is 382 g/mol. The van der Waals surface area contributed by atoms with E-state index in [1.165, 1.54) is 0 Å². The van der Waals surface area contributed by atoms with Crippen molar-refractivity contribution in [3.8, 4) is 5.75 Å². The van der Waals surface area contributed by atoms with E-state index in [1.807, 2.05) is 0 Å². The largest absolute Gasteiger partial charge is 0.454 e. The maximum Gasteiger partial charge on any atom is 0.450 e. The molecular formula is C13H7F9O3. The third-order valence-corrected chi connectivity index (χ3v) is 2.68. The molecule has 0 aromatic heterocycles. The number of alkyl halides is 9. The molecule has 0 heterocycles. The highest BCUT2D eigenvalue weighted by Crippen LogP contribution is 2.38. The molecule has 1 unspecified atom stereocenters. The summed E-state index contributed by atoms with van der Waals surface area (Å²) in [7, 11) is 0. The zero-order valence-corrected chi connectivity index (χ0v) is 11.7. The average Bonchev–Trinajstić information content (AvgIpc) is 2.45. The van der Waals surface area contributed by atoms with Crippen molar-refractivity contribution in [2.24, 2.45) is 0 Å². The van der Waals surface area contributed by atoms with Gasteiger partial charge in [-0.1, -0.05) is 0 Å². The number of ketones is 2. The molecule has 0 amide bonds. The van der Waals surface area contributed by atoms with Crippen LogP contribution in [0.4, 0.5) is 39.5 Å². The van der Waals surface area contributed by atoms with Gasteiger partial charge in [-0.05, 0) is 18.2 Å². The van der Waals surface area contributed by atoms with Gasteiger partial charge < -0.3 is 4.74 Å². The summed E-state index contributed by atoms with van der Waals surface area (Å²) >= 11 is 0. The van der Waals surface area contributed by atoms with Crippen LogP contribution >= 0.6 is 0 Å². The van der Waals surface area contributed by atoms with Crippen LogP contribution in [0, 0.1) is 0 Å². The van der Waals surface area contributed by atoms with Crippen LogP contribution < -0.4 is 4.74 Å². The second-order valence-corrected chi connectivity index (χ2v) is 4.53. The van der Waals surface area contributed by atoms with E-state index >= 15 is 0 Å². The van der Waals surface area contributed by atoms with E-state index in [0.717, 1.165) is 0 Å². The Hall–Kier alpha value is -2.27. The van der Waals surface area contributed by atoms with E-state index in [4.69, 9.17) is 0 Å². The number of carbonyl (C=O) groups excluding carboxylic acids is 2. The summed E-state index contributed by atoms with van der Waals surface area (Å²) in [6.45, 7) is 0. The third kappa shape index (κ3) is 5.64. The summed E-state index contributed by atoms with van der Waals surface area (Å²) in [5.41, 5.74) is -2.81. The normalized spacial score (nSPS) is 13.7. The lowest BCUT2D eigenvalue weighted by atomic mass is 10.0. The molecule has 1 aromatic carbocycles. The first-order valence-electron chi connectivity index (χ1n) is 6.17. The van der Waals surface area contributed by atoms with Gasteiger partial charge in [-0.3, -0.25) is 9.59 Å². The number of Topliss-reactive ketones (excluding diaryl/α,β-unsaturated/α-hetero) is 2. The van der Waals surface area contributed by atoms with E-state index in [2.05, 4.69) is 4.74 Å². The molecule has 0 aliphatic heterocycles. The molecule has 0 saturated carbocycles. The molecular weight excluding hydrogens is 375 g/mol. The molecule has 1 rings (SSSR count). The SMILES string of the molecule is O=C(CC(=O)C(F)(F)F)c1ccc(OC(F)C(F)F)c(C(F)(F)F)c1. The van der Waals surface area contributed by atoms with E-state index in [1.54, 1.807) is 0 Å². The summed E-state index contributed by atoms with van der Waals surface area (Å²) in [6, 6.07) is 0.775. The van der Waals surface area contributed by atoms with Crippen LogP contribution in [0.5, 0.6) is 5.75 Å². The van der Waals surface area contributed by atoms with Gasteiger partial charge in [-0.2, -0.15) is 30.7 Å². The second-order valence-electron chi connectivity index (χ2n) is 4.53. The second kappa shape index (κ2) is 7.31. The summed E-state index contributed by atoms with van der Waals surface area (Å²) in [6.07, 6.45) is -19.5. The van der Waals surface area contributed by atoms with Gasteiger partial charge >= 0.3 is 18.8 Å². The maximum atomic E-state index is 12.8. The van der Waals surface area contributed by atoms with Crippen LogP contribution in [0.15, 0.2) is 18.2 Å². The van der Waals surface area contributed by atoms with Crippen molar-refractivity contribution < 1.29 is 53.8 Å². The Morgan fingerprint density at radius 3 is 2.00 bits per heavy atom. The molecule has 0 fully saturated rings. The smallest absolute Gasteiger partial charge is 0.450 e. The van der Waals surface area contributed by atoms with Gasteiger partial charge in [0.15, 0.2) is 5.78 Å². The maximum absolute atomic E-state index is 12.8. The fourth-order valence-electron chi connectivity index (χ4n) is 1.55. The van der Waals surface area contributed by atoms with E-state index < -0.39 is 60.0 Å². The first-order valence-corrected chi connectivity index (χ1v) is 6.17. The molecule has 1 atom stereocenters. The van der Waals surface area contributed by atoms with Gasteiger partial charge in [0.1, 0.15) is 5.75 Å². The Kier molecular flexibility index (Phi) is 6.08. The highest BCUT2D eigenvalue weighted by molar-refractivity contribution is 6.09. The minimum absolute atomic E-state index is 0.0144. The molecule has 0 saturated heterocycles. The van der Waals surface area contributed by atoms with Crippen molar-refractivity contribution in [1.82, 2.24) is 0 Å². The lowest BCUT2D eigenvalue weighted by Gasteiger charge is -2.17. The Bertz CT molecular complexity index is 649. The van der Waals surface area contributed by atoms with Gasteiger partial charge in [0, 0.05) is 5.56 Å². The van der Waals surface area contributed by atoms with Crippen molar-refractivity contribution in [1.29, 1.82) is 0 Å². The summed E-state index contributed by atoms with van der Waals surface area (Å²) in [5.74, 6) is -5.46. The molecule has 0 bridgehead atoms. The van der Waals surface area contributed by atoms with Crippen molar-refractivity contribution in [2.45, 2.75) is 31.6 Å². The number of rotatable bonds is 6. The number of halogens is 9. The lowest BCUT2D eigenvalue weighted by molar-refractivity contribution is -0.170. The van der Waals surface area contributed by atoms with Crippen molar-refractivity contribution >= 4 is 11.6 Å². The first-order chi connectivity index (χ1) is 11.2. The van der Waals surface area contributed by atoms with Crippen LogP contribution in [-0.2, 0) is 11.0 Å². The number of ether oxygens (including phenoxy) is 1. The standard InChI is InChI=1S/C13H7F9O3/c14-10(15)11(16)25-8-2-1-5(3-6(8)12(17,18)19)7(23)4-9(24)13(20,21)22/h1-3,10-11H,4H2. The molecule has 1 aromatic rings. The first kappa shape index (κ1) is 20.8. The van der Waals surface area contributed by atoms with Crippen LogP contribution in [0.2, 0.25) is 0 Å². The van der Waals surface area contributed by atoms with Gasteiger partial charge in [0.2, 0.25) is 5.78 Å². The predicted molar refractivity (Wildman–Crippen MR) is 63.0 cm³/mol. The van der Waals surface area contributed by atoms with Crippen LogP contribution in [0.3, 0.4) is 0 Å². The fraction of sp³-hybridized carbons (Fsp3) is 0.385. The van der Waals surface area contributed by atoms with Crippen molar-refractivity contribution in [3.05, 3.63) is 29.3 Å². The van der Waals surface area contributed by atoms with Crippen LogP contribution in [0.1, 0.15) is 22.3 Å². The Morgan fingerprint density at radius 2 is 1.56 bits per heavy atom. The number of carbonyl (C=O) groups is 2. The topological polar surface area (TPSA) is 43.4 Å². The highest BCUT2D eigenvalue weighted by atomic mass is 19.4. The molecule has 0 aliphatic carbocycles. The lowest BCUT2D eigenvalue weighted by Crippen LogP contribution is -2.25. The minimum Gasteiger partial charge on any atom is -0.454 e. The summed E-state index contributed by atoms with van der Waals surface area (Å²) in [4.78, 5) is 22.2. The molecule has 3 nitrogen and oxygen atoms in total. The summed E-state index contributed by atoms with van der Waals surface area (Å²) < 4.78 is 115.